The van der Waals surface area contributed by atoms with Gasteiger partial charge in [0.15, 0.2) is 0 Å². The molecule has 3 aromatic rings. The summed E-state index contributed by atoms with van der Waals surface area (Å²) < 4.78 is 2.17. The molecule has 4 heterocycles. The highest BCUT2D eigenvalue weighted by atomic mass is 15.6. The Morgan fingerprint density at radius 2 is 2.36 bits per heavy atom. The quantitative estimate of drug-likeness (QED) is 0.805. The summed E-state index contributed by atoms with van der Waals surface area (Å²) >= 11 is 0. The van der Waals surface area contributed by atoms with Crippen molar-refractivity contribution < 1.29 is 0 Å². The summed E-state index contributed by atoms with van der Waals surface area (Å²) in [6.45, 7) is 3.12. The summed E-state index contributed by atoms with van der Waals surface area (Å²) in [4.78, 5) is 12.1. The second kappa shape index (κ2) is 5.02. The third-order valence-corrected chi connectivity index (χ3v) is 4.67. The van der Waals surface area contributed by atoms with Crippen molar-refractivity contribution in [2.75, 3.05) is 11.6 Å². The van der Waals surface area contributed by atoms with Crippen molar-refractivity contribution in [1.29, 1.82) is 5.26 Å². The third kappa shape index (κ3) is 1.86. The normalized spacial score (nSPS) is 21.7. The summed E-state index contributed by atoms with van der Waals surface area (Å²) in [5.74, 6) is 0.441. The van der Waals surface area contributed by atoms with Crippen LogP contribution in [0.5, 0.6) is 0 Å². The number of hydrogen-bond donors (Lipinski definition) is 1. The summed E-state index contributed by atoms with van der Waals surface area (Å²) in [5, 5.41) is 12.4. The van der Waals surface area contributed by atoms with Crippen LogP contribution in [0.3, 0.4) is 0 Å². The van der Waals surface area contributed by atoms with E-state index >= 15 is 0 Å². The van der Waals surface area contributed by atoms with Crippen molar-refractivity contribution in [3.63, 3.8) is 0 Å². The highest BCUT2D eigenvalue weighted by Gasteiger charge is 2.32. The fourth-order valence-corrected chi connectivity index (χ4v) is 3.60. The smallest absolute Gasteiger partial charge is 0.139 e. The number of imidazole rings is 1. The highest BCUT2D eigenvalue weighted by molar-refractivity contribution is 6.01. The van der Waals surface area contributed by atoms with Gasteiger partial charge in [0.2, 0.25) is 0 Å². The van der Waals surface area contributed by atoms with Crippen LogP contribution in [0, 0.1) is 17.2 Å². The molecule has 1 aliphatic rings. The molecule has 1 aliphatic heterocycles. The van der Waals surface area contributed by atoms with Gasteiger partial charge in [0, 0.05) is 30.6 Å². The molecule has 0 aliphatic carbocycles. The molecule has 2 atom stereocenters. The number of nitriles is 1. The Bertz CT molecular complexity index is 854. The van der Waals surface area contributed by atoms with E-state index in [1.54, 1.807) is 0 Å². The lowest BCUT2D eigenvalue weighted by atomic mass is 10.0. The van der Waals surface area contributed by atoms with Gasteiger partial charge in [-0.25, -0.2) is 14.6 Å². The maximum atomic E-state index is 8.99. The fraction of sp³-hybridized carbons (Fsp3) is 0.438. The van der Waals surface area contributed by atoms with Gasteiger partial charge in [-0.3, -0.25) is 0 Å². The Morgan fingerprint density at radius 1 is 1.45 bits per heavy atom. The van der Waals surface area contributed by atoms with Crippen molar-refractivity contribution in [2.24, 2.45) is 5.92 Å². The molecule has 1 fully saturated rings. The largest absolute Gasteiger partial charge is 0.346 e. The number of hydrogen-bond acceptors (Lipinski definition) is 4. The zero-order valence-electron chi connectivity index (χ0n) is 12.5. The Labute approximate surface area is 128 Å². The summed E-state index contributed by atoms with van der Waals surface area (Å²) in [6, 6.07) is 4.82. The van der Waals surface area contributed by atoms with Gasteiger partial charge in [0.25, 0.3) is 0 Å². The third-order valence-electron chi connectivity index (χ3n) is 4.67. The molecular formula is C16H18N6. The number of aromatic amines is 1. The van der Waals surface area contributed by atoms with E-state index in [0.717, 1.165) is 41.5 Å². The number of aromatic nitrogens is 4. The van der Waals surface area contributed by atoms with Crippen LogP contribution >= 0.6 is 0 Å². The first-order valence-corrected chi connectivity index (χ1v) is 7.74. The first kappa shape index (κ1) is 13.1. The van der Waals surface area contributed by atoms with Crippen LogP contribution in [0.2, 0.25) is 0 Å². The van der Waals surface area contributed by atoms with E-state index in [1.807, 2.05) is 24.8 Å². The van der Waals surface area contributed by atoms with Crippen molar-refractivity contribution in [1.82, 2.24) is 19.6 Å². The molecule has 1 saturated heterocycles. The Balaban J connectivity index is 1.83. The molecule has 0 aromatic carbocycles. The lowest BCUT2D eigenvalue weighted by Gasteiger charge is -2.27. The zero-order chi connectivity index (χ0) is 15.1. The van der Waals surface area contributed by atoms with Crippen LogP contribution in [-0.4, -0.2) is 32.2 Å². The van der Waals surface area contributed by atoms with Crippen molar-refractivity contribution >= 4 is 22.1 Å². The zero-order valence-corrected chi connectivity index (χ0v) is 12.5. The summed E-state index contributed by atoms with van der Waals surface area (Å²) in [7, 11) is 0. The number of pyridine rings is 1. The average molecular weight is 294 g/mol. The number of nitrogens with zero attached hydrogens (tertiary/aromatic N) is 5. The van der Waals surface area contributed by atoms with Crippen LogP contribution in [0.4, 0.5) is 0 Å². The first-order valence-electron chi connectivity index (χ1n) is 7.74. The second-order valence-corrected chi connectivity index (χ2v) is 5.97. The topological polar surface area (TPSA) is 73.5 Å². The van der Waals surface area contributed by atoms with Crippen molar-refractivity contribution in [3.05, 3.63) is 24.8 Å². The number of rotatable bonds is 3. The molecule has 0 unspecified atom stereocenters. The van der Waals surface area contributed by atoms with Gasteiger partial charge in [0.1, 0.15) is 23.0 Å². The summed E-state index contributed by atoms with van der Waals surface area (Å²) in [5.41, 5.74) is 2.89. The molecule has 6 nitrogen and oxygen atoms in total. The van der Waals surface area contributed by atoms with Gasteiger partial charge in [-0.05, 0) is 24.8 Å². The molecule has 0 amide bonds. The van der Waals surface area contributed by atoms with Crippen LogP contribution in [0.15, 0.2) is 24.8 Å². The van der Waals surface area contributed by atoms with Crippen molar-refractivity contribution in [3.8, 4) is 6.07 Å². The minimum Gasteiger partial charge on any atom is -0.346 e. The number of nitrogens with one attached hydrogen (secondary N) is 1. The van der Waals surface area contributed by atoms with E-state index in [2.05, 4.69) is 37.6 Å². The van der Waals surface area contributed by atoms with E-state index in [4.69, 9.17) is 5.26 Å². The lowest BCUT2D eigenvalue weighted by molar-refractivity contribution is 0.530. The molecule has 0 spiro atoms. The van der Waals surface area contributed by atoms with Crippen molar-refractivity contribution in [2.45, 2.75) is 32.2 Å². The fourth-order valence-electron chi connectivity index (χ4n) is 3.60. The predicted molar refractivity (Wildman–Crippen MR) is 84.9 cm³/mol. The van der Waals surface area contributed by atoms with Gasteiger partial charge >= 0.3 is 0 Å². The van der Waals surface area contributed by atoms with Crippen LogP contribution in [-0.2, 0) is 0 Å². The lowest BCUT2D eigenvalue weighted by Crippen LogP contribution is -2.38. The Kier molecular flexibility index (Phi) is 3.00. The van der Waals surface area contributed by atoms with Crippen LogP contribution in [0.25, 0.3) is 22.1 Å². The van der Waals surface area contributed by atoms with E-state index < -0.39 is 0 Å². The van der Waals surface area contributed by atoms with E-state index in [9.17, 15) is 0 Å². The average Bonchev–Trinajstić information content (AvgIpc) is 3.23. The number of H-pyrrole nitrogens is 1. The van der Waals surface area contributed by atoms with E-state index in [-0.39, 0.29) is 0 Å². The molecule has 4 rings (SSSR count). The molecule has 1 N–H and O–H groups in total. The van der Waals surface area contributed by atoms with Gasteiger partial charge in [-0.15, -0.1) is 0 Å². The van der Waals surface area contributed by atoms with Gasteiger partial charge < -0.3 is 9.99 Å². The van der Waals surface area contributed by atoms with Gasteiger partial charge in [-0.1, -0.05) is 6.92 Å². The monoisotopic (exact) mass is 294 g/mol. The highest BCUT2D eigenvalue weighted by Crippen LogP contribution is 2.30. The molecule has 0 radical (unpaired) electrons. The Hall–Kier alpha value is -2.55. The first-order chi connectivity index (χ1) is 10.8. The molecule has 112 valence electrons. The Morgan fingerprint density at radius 3 is 3.18 bits per heavy atom. The van der Waals surface area contributed by atoms with Crippen LogP contribution in [0.1, 0.15) is 26.2 Å². The van der Waals surface area contributed by atoms with Gasteiger partial charge in [-0.2, -0.15) is 5.26 Å². The van der Waals surface area contributed by atoms with Crippen LogP contribution < -0.4 is 5.01 Å². The minimum atomic E-state index is 0.441. The molecule has 6 heteroatoms. The molecule has 0 bridgehead atoms. The maximum absolute atomic E-state index is 8.99. The standard InChI is InChI=1S/C16H18N6/c1-2-12-7-11(3-5-17)9-21(12)22-10-20-14-8-19-16-13(15(14)22)4-6-18-16/h4,6,8,10-12H,2-3,7,9H2,1H3,(H,18,19)/t11-,12+/m0/s1. The molecule has 22 heavy (non-hydrogen) atoms. The van der Waals surface area contributed by atoms with E-state index in [0.29, 0.717) is 18.4 Å². The minimum absolute atomic E-state index is 0.441. The maximum Gasteiger partial charge on any atom is 0.139 e. The SMILES string of the molecule is CC[C@@H]1C[C@H](CC#N)CN1n1cnc2cnc3[nH]ccc3c21. The molecule has 3 aromatic heterocycles. The summed E-state index contributed by atoms with van der Waals surface area (Å²) in [6.07, 6.45) is 8.38. The predicted octanol–water partition coefficient (Wildman–Crippen LogP) is 2.56. The van der Waals surface area contributed by atoms with E-state index in [1.165, 1.54) is 0 Å². The van der Waals surface area contributed by atoms with Gasteiger partial charge in [0.05, 0.1) is 12.3 Å². The second-order valence-electron chi connectivity index (χ2n) is 5.97. The molecular weight excluding hydrogens is 276 g/mol. The number of fused-ring (bicyclic) bond motifs is 3. The molecule has 0 saturated carbocycles.